The Morgan fingerprint density at radius 2 is 0.906 bits per heavy atom. The second-order valence-corrected chi connectivity index (χ2v) is 8.90. The molecule has 6 rings (SSSR count). The van der Waals surface area contributed by atoms with E-state index in [0.29, 0.717) is 0 Å². The normalized spacial score (nSPS) is 11.3. The van der Waals surface area contributed by atoms with Crippen molar-refractivity contribution in [2.45, 2.75) is 0 Å². The van der Waals surface area contributed by atoms with Gasteiger partial charge in [-0.05, 0) is 75.8 Å². The van der Waals surface area contributed by atoms with Crippen molar-refractivity contribution in [3.63, 3.8) is 0 Å². The monoisotopic (exact) mass is 474 g/mol. The van der Waals surface area contributed by atoms with E-state index in [1.54, 1.807) is 0 Å². The molecule has 32 heavy (non-hydrogen) atoms. The molecule has 0 aliphatic carbocycles. The summed E-state index contributed by atoms with van der Waals surface area (Å²) in [5.74, 6) is 0. The first-order valence-electron chi connectivity index (χ1n) is 10.6. The average molecular weight is 475 g/mol. The largest absolute Gasteiger partial charge is 0.456 e. The molecule has 0 N–H and O–H groups in total. The van der Waals surface area contributed by atoms with E-state index in [-0.39, 0.29) is 0 Å². The minimum atomic E-state index is 0.911. The van der Waals surface area contributed by atoms with Crippen LogP contribution in [0.4, 0.5) is 0 Å². The molecule has 0 spiro atoms. The lowest BCUT2D eigenvalue weighted by Gasteiger charge is -2.06. The van der Waals surface area contributed by atoms with Crippen LogP contribution in [0, 0.1) is 0 Å². The molecule has 0 atom stereocenters. The Morgan fingerprint density at radius 1 is 0.406 bits per heavy atom. The Balaban J connectivity index is 1.48. The molecule has 0 bridgehead atoms. The zero-order valence-electron chi connectivity index (χ0n) is 17.3. The summed E-state index contributed by atoms with van der Waals surface area (Å²) >= 11 is 3.58. The molecule has 0 aliphatic rings. The SMILES string of the molecule is Brc1cccc(-c2ccc3oc4ccc(-c5cccc(-c6ccccc6)c5)cc4c3c2)c1. The van der Waals surface area contributed by atoms with Crippen molar-refractivity contribution in [2.24, 2.45) is 0 Å². The van der Waals surface area contributed by atoms with E-state index < -0.39 is 0 Å². The second kappa shape index (κ2) is 7.81. The van der Waals surface area contributed by atoms with Crippen LogP contribution < -0.4 is 0 Å². The van der Waals surface area contributed by atoms with Gasteiger partial charge in [-0.1, -0.05) is 88.7 Å². The lowest BCUT2D eigenvalue weighted by molar-refractivity contribution is 0.669. The third-order valence-corrected chi connectivity index (χ3v) is 6.42. The van der Waals surface area contributed by atoms with Crippen molar-refractivity contribution in [2.75, 3.05) is 0 Å². The summed E-state index contributed by atoms with van der Waals surface area (Å²) in [5.41, 5.74) is 9.01. The summed E-state index contributed by atoms with van der Waals surface area (Å²) in [7, 11) is 0. The summed E-state index contributed by atoms with van der Waals surface area (Å²) in [5, 5.41) is 2.28. The first-order chi connectivity index (χ1) is 15.7. The molecule has 5 aromatic carbocycles. The molecule has 0 amide bonds. The van der Waals surface area contributed by atoms with Gasteiger partial charge < -0.3 is 4.42 Å². The Bertz CT molecular complexity index is 1580. The molecule has 1 heterocycles. The first kappa shape index (κ1) is 19.1. The molecule has 0 radical (unpaired) electrons. The zero-order chi connectivity index (χ0) is 21.5. The topological polar surface area (TPSA) is 13.1 Å². The standard InChI is InChI=1S/C30H19BrO/c31-26-11-5-10-23(17-26)25-13-15-30-28(19-25)27-18-24(12-14-29(27)32-30)22-9-4-8-21(16-22)20-6-2-1-3-7-20/h1-19H. The van der Waals surface area contributed by atoms with Crippen molar-refractivity contribution in [1.29, 1.82) is 0 Å². The maximum atomic E-state index is 6.14. The van der Waals surface area contributed by atoms with Gasteiger partial charge in [0, 0.05) is 15.2 Å². The summed E-state index contributed by atoms with van der Waals surface area (Å²) in [6.07, 6.45) is 0. The highest BCUT2D eigenvalue weighted by atomic mass is 79.9. The van der Waals surface area contributed by atoms with Crippen LogP contribution in [-0.2, 0) is 0 Å². The molecule has 2 heteroatoms. The lowest BCUT2D eigenvalue weighted by Crippen LogP contribution is -1.81. The molecule has 152 valence electrons. The molecule has 0 fully saturated rings. The Labute approximate surface area is 195 Å². The number of halogens is 1. The highest BCUT2D eigenvalue weighted by molar-refractivity contribution is 9.10. The molecular formula is C30H19BrO. The predicted octanol–water partition coefficient (Wildman–Crippen LogP) is 9.35. The fourth-order valence-electron chi connectivity index (χ4n) is 4.31. The minimum Gasteiger partial charge on any atom is -0.456 e. The van der Waals surface area contributed by atoms with Gasteiger partial charge in [0.05, 0.1) is 0 Å². The summed E-state index contributed by atoms with van der Waals surface area (Å²) in [4.78, 5) is 0. The maximum Gasteiger partial charge on any atom is 0.135 e. The molecule has 1 aromatic heterocycles. The van der Waals surface area contributed by atoms with Crippen molar-refractivity contribution < 1.29 is 4.42 Å². The van der Waals surface area contributed by atoms with Gasteiger partial charge in [-0.2, -0.15) is 0 Å². The van der Waals surface area contributed by atoms with E-state index in [0.717, 1.165) is 26.4 Å². The van der Waals surface area contributed by atoms with E-state index in [2.05, 4.69) is 119 Å². The smallest absolute Gasteiger partial charge is 0.135 e. The summed E-state index contributed by atoms with van der Waals surface area (Å²) < 4.78 is 7.22. The van der Waals surface area contributed by atoms with Crippen molar-refractivity contribution >= 4 is 37.9 Å². The van der Waals surface area contributed by atoms with Crippen LogP contribution in [0.3, 0.4) is 0 Å². The summed E-state index contributed by atoms with van der Waals surface area (Å²) in [6, 6.07) is 40.5. The fraction of sp³-hybridized carbons (Fsp3) is 0. The number of furan rings is 1. The molecule has 1 nitrogen and oxygen atoms in total. The van der Waals surface area contributed by atoms with E-state index in [4.69, 9.17) is 4.42 Å². The molecule has 6 aromatic rings. The van der Waals surface area contributed by atoms with Gasteiger partial charge in [-0.25, -0.2) is 0 Å². The number of rotatable bonds is 3. The molecule has 0 saturated heterocycles. The molecule has 0 aliphatic heterocycles. The molecular weight excluding hydrogens is 456 g/mol. The summed E-state index contributed by atoms with van der Waals surface area (Å²) in [6.45, 7) is 0. The molecule has 0 unspecified atom stereocenters. The quantitative estimate of drug-likeness (QED) is 0.249. The van der Waals surface area contributed by atoms with Crippen LogP contribution in [0.5, 0.6) is 0 Å². The Kier molecular flexibility index (Phi) is 4.66. The van der Waals surface area contributed by atoms with Crippen LogP contribution in [0.15, 0.2) is 124 Å². The highest BCUT2D eigenvalue weighted by Gasteiger charge is 2.11. The van der Waals surface area contributed by atoms with E-state index in [1.165, 1.54) is 33.4 Å². The van der Waals surface area contributed by atoms with Gasteiger partial charge in [0.1, 0.15) is 11.2 Å². The van der Waals surface area contributed by atoms with E-state index in [9.17, 15) is 0 Å². The fourth-order valence-corrected chi connectivity index (χ4v) is 4.71. The highest BCUT2D eigenvalue weighted by Crippen LogP contribution is 2.36. The van der Waals surface area contributed by atoms with Gasteiger partial charge in [0.2, 0.25) is 0 Å². The second-order valence-electron chi connectivity index (χ2n) is 7.98. The Hall–Kier alpha value is -3.62. The van der Waals surface area contributed by atoms with E-state index >= 15 is 0 Å². The van der Waals surface area contributed by atoms with Crippen LogP contribution in [0.25, 0.3) is 55.3 Å². The minimum absolute atomic E-state index is 0.911. The van der Waals surface area contributed by atoms with Crippen LogP contribution >= 0.6 is 15.9 Å². The van der Waals surface area contributed by atoms with Crippen LogP contribution in [-0.4, -0.2) is 0 Å². The van der Waals surface area contributed by atoms with Crippen molar-refractivity contribution in [3.05, 3.63) is 120 Å². The number of benzene rings is 5. The zero-order valence-corrected chi connectivity index (χ0v) is 18.8. The van der Waals surface area contributed by atoms with Gasteiger partial charge >= 0.3 is 0 Å². The van der Waals surface area contributed by atoms with Crippen LogP contribution in [0.2, 0.25) is 0 Å². The van der Waals surface area contributed by atoms with Gasteiger partial charge in [-0.15, -0.1) is 0 Å². The number of hydrogen-bond donors (Lipinski definition) is 0. The van der Waals surface area contributed by atoms with Crippen molar-refractivity contribution in [1.82, 2.24) is 0 Å². The van der Waals surface area contributed by atoms with Gasteiger partial charge in [-0.3, -0.25) is 0 Å². The average Bonchev–Trinajstić information content (AvgIpc) is 3.22. The predicted molar refractivity (Wildman–Crippen MR) is 138 cm³/mol. The number of fused-ring (bicyclic) bond motifs is 3. The van der Waals surface area contributed by atoms with Gasteiger partial charge in [0.15, 0.2) is 0 Å². The number of hydrogen-bond acceptors (Lipinski definition) is 1. The third kappa shape index (κ3) is 3.43. The van der Waals surface area contributed by atoms with Crippen LogP contribution in [0.1, 0.15) is 0 Å². The van der Waals surface area contributed by atoms with Gasteiger partial charge in [0.25, 0.3) is 0 Å². The van der Waals surface area contributed by atoms with E-state index in [1.807, 2.05) is 12.1 Å². The first-order valence-corrected chi connectivity index (χ1v) is 11.4. The van der Waals surface area contributed by atoms with Crippen molar-refractivity contribution in [3.8, 4) is 33.4 Å². The third-order valence-electron chi connectivity index (χ3n) is 5.93. The lowest BCUT2D eigenvalue weighted by atomic mass is 9.97. The molecule has 0 saturated carbocycles. The Morgan fingerprint density at radius 3 is 1.53 bits per heavy atom. The maximum absolute atomic E-state index is 6.14.